The van der Waals surface area contributed by atoms with E-state index in [1.165, 1.54) is 6.20 Å². The monoisotopic (exact) mass is 189 g/mol. The molecule has 68 valence electrons. The molecule has 12 heavy (non-hydrogen) atoms. The highest BCUT2D eigenvalue weighted by molar-refractivity contribution is 7.84. The van der Waals surface area contributed by atoms with Crippen LogP contribution >= 0.6 is 0 Å². The fraction of sp³-hybridized carbons (Fsp3) is 0.429. The fourth-order valence-electron chi connectivity index (χ4n) is 1.08. The van der Waals surface area contributed by atoms with Crippen LogP contribution in [0.2, 0.25) is 0 Å². The molecule has 1 heterocycles. The summed E-state index contributed by atoms with van der Waals surface area (Å²) in [7, 11) is -4.10. The first-order valence-electron chi connectivity index (χ1n) is 3.70. The van der Waals surface area contributed by atoms with Crippen LogP contribution in [-0.2, 0) is 16.7 Å². The summed E-state index contributed by atoms with van der Waals surface area (Å²) in [5.74, 6) is 0. The van der Waals surface area contributed by atoms with Crippen molar-refractivity contribution in [2.24, 2.45) is 0 Å². The average Bonchev–Trinajstić information content (AvgIpc) is 2.34. The van der Waals surface area contributed by atoms with Crippen molar-refractivity contribution in [2.75, 3.05) is 0 Å². The lowest BCUT2D eigenvalue weighted by atomic mass is 10.3. The average molecular weight is 189 g/mol. The first kappa shape index (κ1) is 9.28. The molecule has 0 radical (unpaired) electrons. The zero-order chi connectivity index (χ0) is 9.19. The van der Waals surface area contributed by atoms with Gasteiger partial charge in [0.1, 0.15) is 0 Å². The topological polar surface area (TPSA) is 59.3 Å². The highest BCUT2D eigenvalue weighted by Crippen LogP contribution is 2.07. The summed E-state index contributed by atoms with van der Waals surface area (Å²) in [5, 5.41) is 0. The van der Waals surface area contributed by atoms with Gasteiger partial charge in [0, 0.05) is 11.9 Å². The highest BCUT2D eigenvalue weighted by Gasteiger charge is 2.10. The molecular weight excluding hydrogens is 178 g/mol. The van der Waals surface area contributed by atoms with E-state index < -0.39 is 10.3 Å². The van der Waals surface area contributed by atoms with Crippen molar-refractivity contribution in [1.82, 2.24) is 3.97 Å². The van der Waals surface area contributed by atoms with Gasteiger partial charge in [-0.25, -0.2) is 3.97 Å². The van der Waals surface area contributed by atoms with Crippen LogP contribution < -0.4 is 0 Å². The molecule has 1 aromatic rings. The molecule has 0 unspecified atom stereocenters. The number of rotatable bonds is 3. The van der Waals surface area contributed by atoms with E-state index in [1.807, 2.05) is 6.92 Å². The molecule has 4 nitrogen and oxygen atoms in total. The van der Waals surface area contributed by atoms with Crippen molar-refractivity contribution in [1.29, 1.82) is 0 Å². The predicted molar refractivity (Wildman–Crippen MR) is 45.4 cm³/mol. The molecule has 0 aliphatic heterocycles. The van der Waals surface area contributed by atoms with Crippen molar-refractivity contribution in [3.05, 3.63) is 24.0 Å². The summed E-state index contributed by atoms with van der Waals surface area (Å²) in [5.41, 5.74) is 0.611. The molecule has 1 rings (SSSR count). The van der Waals surface area contributed by atoms with Crippen molar-refractivity contribution >= 4 is 10.3 Å². The molecule has 0 fully saturated rings. The van der Waals surface area contributed by atoms with Gasteiger partial charge in [-0.2, -0.15) is 8.42 Å². The minimum atomic E-state index is -4.10. The van der Waals surface area contributed by atoms with Gasteiger partial charge in [-0.05, 0) is 18.6 Å². The van der Waals surface area contributed by atoms with E-state index in [2.05, 4.69) is 0 Å². The Kier molecular flexibility index (Phi) is 2.54. The maximum atomic E-state index is 10.7. The Hall–Kier alpha value is -0.810. The molecule has 0 saturated heterocycles. The number of hydrogen-bond donors (Lipinski definition) is 1. The lowest BCUT2D eigenvalue weighted by molar-refractivity contribution is 0.470. The third kappa shape index (κ3) is 1.86. The molecule has 5 heteroatoms. The quantitative estimate of drug-likeness (QED) is 0.724. The normalized spacial score (nSPS) is 11.8. The van der Waals surface area contributed by atoms with Crippen LogP contribution in [0.15, 0.2) is 18.3 Å². The SMILES string of the molecule is CCCc1cccn1S(=O)(=O)O. The summed E-state index contributed by atoms with van der Waals surface area (Å²) in [4.78, 5) is 0. The Morgan fingerprint density at radius 2 is 2.25 bits per heavy atom. The van der Waals surface area contributed by atoms with E-state index in [0.29, 0.717) is 12.1 Å². The maximum absolute atomic E-state index is 10.7. The van der Waals surface area contributed by atoms with Gasteiger partial charge in [0.25, 0.3) is 0 Å². The number of hydrogen-bond acceptors (Lipinski definition) is 2. The number of nitrogens with zero attached hydrogens (tertiary/aromatic N) is 1. The van der Waals surface area contributed by atoms with E-state index >= 15 is 0 Å². The van der Waals surface area contributed by atoms with Crippen LogP contribution in [0.25, 0.3) is 0 Å². The Labute approximate surface area is 71.7 Å². The van der Waals surface area contributed by atoms with Gasteiger partial charge >= 0.3 is 10.3 Å². The van der Waals surface area contributed by atoms with Gasteiger partial charge in [-0.3, -0.25) is 4.55 Å². The molecule has 0 amide bonds. The van der Waals surface area contributed by atoms with Gasteiger partial charge in [-0.15, -0.1) is 0 Å². The minimum absolute atomic E-state index is 0.611. The van der Waals surface area contributed by atoms with Crippen LogP contribution in [0.3, 0.4) is 0 Å². The van der Waals surface area contributed by atoms with Crippen molar-refractivity contribution in [2.45, 2.75) is 19.8 Å². The molecule has 0 saturated carbocycles. The summed E-state index contributed by atoms with van der Waals surface area (Å²) >= 11 is 0. The molecule has 1 N–H and O–H groups in total. The van der Waals surface area contributed by atoms with Crippen molar-refractivity contribution in [3.63, 3.8) is 0 Å². The van der Waals surface area contributed by atoms with Crippen molar-refractivity contribution < 1.29 is 13.0 Å². The first-order valence-corrected chi connectivity index (χ1v) is 5.09. The van der Waals surface area contributed by atoms with Gasteiger partial charge in [0.2, 0.25) is 0 Å². The third-order valence-corrected chi connectivity index (χ3v) is 2.40. The molecule has 0 atom stereocenters. The molecule has 0 spiro atoms. The number of aromatic nitrogens is 1. The van der Waals surface area contributed by atoms with Crippen LogP contribution in [0.4, 0.5) is 0 Å². The van der Waals surface area contributed by atoms with Crippen LogP contribution in [0.1, 0.15) is 19.0 Å². The van der Waals surface area contributed by atoms with Crippen LogP contribution in [0, 0.1) is 0 Å². The Bertz CT molecular complexity index is 352. The Morgan fingerprint density at radius 3 is 2.75 bits per heavy atom. The van der Waals surface area contributed by atoms with E-state index in [4.69, 9.17) is 4.55 Å². The molecule has 0 aromatic carbocycles. The van der Waals surface area contributed by atoms with Gasteiger partial charge in [0.15, 0.2) is 0 Å². The molecule has 0 aliphatic carbocycles. The summed E-state index contributed by atoms with van der Waals surface area (Å²) in [6.07, 6.45) is 2.83. The van der Waals surface area contributed by atoms with Crippen molar-refractivity contribution in [3.8, 4) is 0 Å². The maximum Gasteiger partial charge on any atom is 0.363 e. The largest absolute Gasteiger partial charge is 0.363 e. The Balaban J connectivity index is 3.08. The Morgan fingerprint density at radius 1 is 1.58 bits per heavy atom. The second-order valence-corrected chi connectivity index (χ2v) is 3.81. The van der Waals surface area contributed by atoms with Crippen LogP contribution in [0.5, 0.6) is 0 Å². The summed E-state index contributed by atoms with van der Waals surface area (Å²) in [6, 6.07) is 3.27. The third-order valence-electron chi connectivity index (χ3n) is 1.55. The second-order valence-electron chi connectivity index (χ2n) is 2.52. The van der Waals surface area contributed by atoms with Gasteiger partial charge in [-0.1, -0.05) is 13.3 Å². The van der Waals surface area contributed by atoms with Gasteiger partial charge < -0.3 is 0 Å². The minimum Gasteiger partial charge on any atom is -0.269 e. The smallest absolute Gasteiger partial charge is 0.269 e. The fourth-order valence-corrected chi connectivity index (χ4v) is 1.75. The van der Waals surface area contributed by atoms with Crippen LogP contribution in [-0.4, -0.2) is 16.9 Å². The standard InChI is InChI=1S/C7H11NO3S/c1-2-4-7-5-3-6-8(7)12(9,10)11/h3,5-6H,2,4H2,1H3,(H,9,10,11). The summed E-state index contributed by atoms with van der Waals surface area (Å²) in [6.45, 7) is 1.95. The first-order chi connectivity index (χ1) is 5.55. The van der Waals surface area contributed by atoms with E-state index in [-0.39, 0.29) is 0 Å². The predicted octanol–water partition coefficient (Wildman–Crippen LogP) is 1.09. The number of aryl methyl sites for hydroxylation is 1. The van der Waals surface area contributed by atoms with E-state index in [0.717, 1.165) is 10.4 Å². The molecule has 0 aliphatic rings. The zero-order valence-electron chi connectivity index (χ0n) is 6.77. The molecule has 0 bridgehead atoms. The molecule has 1 aromatic heterocycles. The lowest BCUT2D eigenvalue weighted by Gasteiger charge is -2.02. The second kappa shape index (κ2) is 3.28. The van der Waals surface area contributed by atoms with Gasteiger partial charge in [0.05, 0.1) is 0 Å². The highest BCUT2D eigenvalue weighted by atomic mass is 32.2. The van der Waals surface area contributed by atoms with E-state index in [1.54, 1.807) is 12.1 Å². The summed E-state index contributed by atoms with van der Waals surface area (Å²) < 4.78 is 31.0. The lowest BCUT2D eigenvalue weighted by Crippen LogP contribution is -2.12. The van der Waals surface area contributed by atoms with E-state index in [9.17, 15) is 8.42 Å². The molecular formula is C7H11NO3S. The zero-order valence-corrected chi connectivity index (χ0v) is 7.58.